The zero-order valence-corrected chi connectivity index (χ0v) is 20.8. The van der Waals surface area contributed by atoms with Crippen molar-refractivity contribution in [3.05, 3.63) is 71.8 Å². The minimum Gasteiger partial charge on any atom is -0.350 e. The predicted molar refractivity (Wildman–Crippen MR) is 134 cm³/mol. The summed E-state index contributed by atoms with van der Waals surface area (Å²) in [5.41, 5.74) is 0.369. The smallest absolute Gasteiger partial charge is 0.326 e. The minimum absolute atomic E-state index is 0.00797. The number of piperazine rings is 1. The topological polar surface area (TPSA) is 85.0 Å². The van der Waals surface area contributed by atoms with Crippen molar-refractivity contribution in [1.82, 2.24) is 25.3 Å². The number of amides is 4. The molecule has 2 fully saturated rings. The fourth-order valence-electron chi connectivity index (χ4n) is 4.75. The summed E-state index contributed by atoms with van der Waals surface area (Å²) < 4.78 is 0. The Balaban J connectivity index is 1.43. The number of nitrogens with one attached hydrogen (secondary N) is 2. The normalized spacial score (nSPS) is 21.7. The number of urea groups is 1. The summed E-state index contributed by atoms with van der Waals surface area (Å²) in [5, 5.41) is 6.02. The van der Waals surface area contributed by atoms with Crippen LogP contribution in [0.25, 0.3) is 0 Å². The summed E-state index contributed by atoms with van der Waals surface area (Å²) in [6, 6.07) is 18.9. The highest BCUT2D eigenvalue weighted by atomic mass is 16.2. The summed E-state index contributed by atoms with van der Waals surface area (Å²) in [6.45, 7) is 9.24. The maximum Gasteiger partial charge on any atom is 0.326 e. The Morgan fingerprint density at radius 3 is 2.09 bits per heavy atom. The van der Waals surface area contributed by atoms with E-state index in [0.717, 1.165) is 11.1 Å². The third kappa shape index (κ3) is 5.89. The Labute approximate surface area is 207 Å². The Bertz CT molecular complexity index is 1050. The SMILES string of the molecule is CC(C)(C)NC(=O)CN1CCN(CN2C(=O)N[C@@](Cc3ccccc3)(c3ccccc3)C2=O)CC1. The van der Waals surface area contributed by atoms with E-state index >= 15 is 0 Å². The molecule has 2 saturated heterocycles. The van der Waals surface area contributed by atoms with Gasteiger partial charge in [0.05, 0.1) is 13.2 Å². The summed E-state index contributed by atoms with van der Waals surface area (Å²) >= 11 is 0. The maximum absolute atomic E-state index is 13.8. The van der Waals surface area contributed by atoms with E-state index in [1.165, 1.54) is 4.90 Å². The monoisotopic (exact) mass is 477 g/mol. The molecule has 4 amide bonds. The molecule has 8 nitrogen and oxygen atoms in total. The maximum atomic E-state index is 13.8. The molecule has 2 heterocycles. The molecule has 0 unspecified atom stereocenters. The van der Waals surface area contributed by atoms with Crippen molar-refractivity contribution in [2.75, 3.05) is 39.4 Å². The Kier molecular flexibility index (Phi) is 7.23. The van der Waals surface area contributed by atoms with Crippen LogP contribution < -0.4 is 10.6 Å². The molecule has 2 aliphatic rings. The van der Waals surface area contributed by atoms with E-state index in [0.29, 0.717) is 39.1 Å². The van der Waals surface area contributed by atoms with Crippen molar-refractivity contribution >= 4 is 17.8 Å². The number of carbonyl (C=O) groups is 3. The molecule has 0 bridgehead atoms. The van der Waals surface area contributed by atoms with E-state index in [2.05, 4.69) is 20.4 Å². The number of benzene rings is 2. The van der Waals surface area contributed by atoms with Crippen molar-refractivity contribution in [2.45, 2.75) is 38.3 Å². The fraction of sp³-hybridized carbons (Fsp3) is 0.444. The highest BCUT2D eigenvalue weighted by Gasteiger charge is 2.52. The van der Waals surface area contributed by atoms with Crippen LogP contribution in [0.1, 0.15) is 31.9 Å². The first-order valence-corrected chi connectivity index (χ1v) is 12.2. The van der Waals surface area contributed by atoms with Gasteiger partial charge in [0.2, 0.25) is 5.91 Å². The van der Waals surface area contributed by atoms with E-state index < -0.39 is 5.54 Å². The predicted octanol–water partition coefficient (Wildman–Crippen LogP) is 2.17. The Morgan fingerprint density at radius 1 is 0.914 bits per heavy atom. The van der Waals surface area contributed by atoms with Crippen LogP contribution in [0.5, 0.6) is 0 Å². The van der Waals surface area contributed by atoms with Crippen LogP contribution in [-0.2, 0) is 21.5 Å². The van der Waals surface area contributed by atoms with E-state index in [9.17, 15) is 14.4 Å². The number of imide groups is 1. The summed E-state index contributed by atoms with van der Waals surface area (Å²) in [5.74, 6) is -0.224. The average Bonchev–Trinajstić information content (AvgIpc) is 3.05. The molecule has 186 valence electrons. The second-order valence-electron chi connectivity index (χ2n) is 10.4. The van der Waals surface area contributed by atoms with Gasteiger partial charge in [-0.1, -0.05) is 60.7 Å². The molecule has 1 atom stereocenters. The zero-order valence-electron chi connectivity index (χ0n) is 20.8. The van der Waals surface area contributed by atoms with Crippen molar-refractivity contribution < 1.29 is 14.4 Å². The van der Waals surface area contributed by atoms with Gasteiger partial charge < -0.3 is 10.6 Å². The molecule has 2 aliphatic heterocycles. The number of hydrogen-bond donors (Lipinski definition) is 2. The molecular formula is C27H35N5O3. The molecular weight excluding hydrogens is 442 g/mol. The highest BCUT2D eigenvalue weighted by molar-refractivity contribution is 6.07. The second kappa shape index (κ2) is 10.2. The molecule has 0 aromatic heterocycles. The van der Waals surface area contributed by atoms with Crippen LogP contribution in [0.4, 0.5) is 4.79 Å². The van der Waals surface area contributed by atoms with Crippen molar-refractivity contribution in [1.29, 1.82) is 0 Å². The summed E-state index contributed by atoms with van der Waals surface area (Å²) in [6.07, 6.45) is 0.385. The second-order valence-corrected chi connectivity index (χ2v) is 10.4. The highest BCUT2D eigenvalue weighted by Crippen LogP contribution is 2.33. The van der Waals surface area contributed by atoms with Gasteiger partial charge in [-0.25, -0.2) is 9.69 Å². The lowest BCUT2D eigenvalue weighted by molar-refractivity contribution is -0.133. The van der Waals surface area contributed by atoms with E-state index in [4.69, 9.17) is 0 Å². The quantitative estimate of drug-likeness (QED) is 0.597. The van der Waals surface area contributed by atoms with Crippen molar-refractivity contribution in [2.24, 2.45) is 0 Å². The van der Waals surface area contributed by atoms with Gasteiger partial charge in [0, 0.05) is 38.1 Å². The van der Waals surface area contributed by atoms with Crippen LogP contribution in [0.3, 0.4) is 0 Å². The molecule has 0 saturated carbocycles. The molecule has 2 aromatic carbocycles. The lowest BCUT2D eigenvalue weighted by atomic mass is 9.83. The molecule has 0 spiro atoms. The van der Waals surface area contributed by atoms with E-state index in [1.807, 2.05) is 81.4 Å². The molecule has 0 radical (unpaired) electrons. The number of nitrogens with zero attached hydrogens (tertiary/aromatic N) is 3. The molecule has 4 rings (SSSR count). The van der Waals surface area contributed by atoms with Gasteiger partial charge in [0.1, 0.15) is 0 Å². The number of rotatable bonds is 7. The van der Waals surface area contributed by atoms with Crippen LogP contribution >= 0.6 is 0 Å². The fourth-order valence-corrected chi connectivity index (χ4v) is 4.75. The number of hydrogen-bond acceptors (Lipinski definition) is 5. The Morgan fingerprint density at radius 2 is 1.49 bits per heavy atom. The first-order chi connectivity index (χ1) is 16.7. The molecule has 2 N–H and O–H groups in total. The molecule has 8 heteroatoms. The van der Waals surface area contributed by atoms with E-state index in [1.54, 1.807) is 0 Å². The van der Waals surface area contributed by atoms with Crippen molar-refractivity contribution in [3.63, 3.8) is 0 Å². The summed E-state index contributed by atoms with van der Waals surface area (Å²) in [4.78, 5) is 44.7. The first-order valence-electron chi connectivity index (χ1n) is 12.2. The minimum atomic E-state index is -1.13. The van der Waals surface area contributed by atoms with Crippen molar-refractivity contribution in [3.8, 4) is 0 Å². The van der Waals surface area contributed by atoms with Crippen LogP contribution in [0.15, 0.2) is 60.7 Å². The van der Waals surface area contributed by atoms with Gasteiger partial charge in [-0.3, -0.25) is 19.4 Å². The Hall–Kier alpha value is -3.23. The first kappa shape index (κ1) is 24.9. The largest absolute Gasteiger partial charge is 0.350 e. The zero-order chi connectivity index (χ0) is 25.1. The van der Waals surface area contributed by atoms with Gasteiger partial charge in [-0.2, -0.15) is 0 Å². The molecule has 2 aromatic rings. The van der Waals surface area contributed by atoms with Gasteiger partial charge >= 0.3 is 6.03 Å². The lowest BCUT2D eigenvalue weighted by Crippen LogP contribution is -2.54. The van der Waals surface area contributed by atoms with Crippen LogP contribution in [0.2, 0.25) is 0 Å². The lowest BCUT2D eigenvalue weighted by Gasteiger charge is -2.36. The molecule has 0 aliphatic carbocycles. The standard InChI is InChI=1S/C27H35N5O3/c1-26(2,3)28-23(33)19-30-14-16-31(17-15-30)20-32-24(34)27(29-25(32)35,22-12-8-5-9-13-22)18-21-10-6-4-7-11-21/h4-13H,14-20H2,1-3H3,(H,28,33)(H,29,35)/t27-/m0/s1. The van der Waals surface area contributed by atoms with Gasteiger partial charge in [0.25, 0.3) is 5.91 Å². The number of carbonyl (C=O) groups excluding carboxylic acids is 3. The summed E-state index contributed by atoms with van der Waals surface area (Å²) in [7, 11) is 0. The van der Waals surface area contributed by atoms with Crippen LogP contribution in [0, 0.1) is 0 Å². The average molecular weight is 478 g/mol. The van der Waals surface area contributed by atoms with Gasteiger partial charge in [-0.05, 0) is 31.9 Å². The van der Waals surface area contributed by atoms with Gasteiger partial charge in [0.15, 0.2) is 5.54 Å². The molecule has 35 heavy (non-hydrogen) atoms. The third-order valence-corrected chi connectivity index (χ3v) is 6.44. The van der Waals surface area contributed by atoms with Crippen LogP contribution in [-0.4, -0.2) is 77.5 Å². The van der Waals surface area contributed by atoms with Gasteiger partial charge in [-0.15, -0.1) is 0 Å². The third-order valence-electron chi connectivity index (χ3n) is 6.44. The van der Waals surface area contributed by atoms with E-state index in [-0.39, 0.29) is 30.1 Å².